The summed E-state index contributed by atoms with van der Waals surface area (Å²) in [6.45, 7) is 2.94. The molecule has 0 spiro atoms. The van der Waals surface area contributed by atoms with E-state index in [4.69, 9.17) is 16.0 Å². The van der Waals surface area contributed by atoms with Gasteiger partial charge in [-0.05, 0) is 68.6 Å². The number of furan rings is 1. The Labute approximate surface area is 134 Å². The Balaban J connectivity index is 2.12. The third-order valence-corrected chi connectivity index (χ3v) is 5.35. The van der Waals surface area contributed by atoms with Gasteiger partial charge in [-0.2, -0.15) is 0 Å². The van der Waals surface area contributed by atoms with E-state index < -0.39 is 0 Å². The Bertz CT molecular complexity index is 736. The Morgan fingerprint density at radius 3 is 2.90 bits per heavy atom. The molecule has 5 heteroatoms. The molecule has 0 amide bonds. The molecule has 0 radical (unpaired) electrons. The van der Waals surface area contributed by atoms with Gasteiger partial charge < -0.3 is 9.73 Å². The summed E-state index contributed by atoms with van der Waals surface area (Å²) in [5, 5.41) is 7.30. The molecule has 1 atom stereocenters. The number of benzene rings is 1. The number of rotatable bonds is 4. The van der Waals surface area contributed by atoms with Crippen LogP contribution in [0.1, 0.15) is 24.3 Å². The summed E-state index contributed by atoms with van der Waals surface area (Å²) >= 11 is 11.2. The minimum absolute atomic E-state index is 0.0237. The molecule has 0 saturated carbocycles. The van der Waals surface area contributed by atoms with Gasteiger partial charge in [-0.25, -0.2) is 0 Å². The van der Waals surface area contributed by atoms with Gasteiger partial charge in [0.15, 0.2) is 5.22 Å². The van der Waals surface area contributed by atoms with E-state index in [1.807, 2.05) is 6.07 Å². The van der Waals surface area contributed by atoms with E-state index in [0.29, 0.717) is 5.22 Å². The number of halogens is 2. The number of fused-ring (bicyclic) bond motifs is 1. The van der Waals surface area contributed by atoms with Crippen LogP contribution in [0.2, 0.25) is 5.22 Å². The van der Waals surface area contributed by atoms with E-state index in [2.05, 4.69) is 51.7 Å². The smallest absolute Gasteiger partial charge is 0.193 e. The van der Waals surface area contributed by atoms with Crippen LogP contribution in [0, 0.1) is 0 Å². The standard InChI is InChI=1S/C15H13BrClNOS/c1-2-18-14(12-6-7-13(17)19-12)10-8-20-15-9(10)4-3-5-11(15)16/h3-8,14,18H,2H2,1H3. The first kappa shape index (κ1) is 14.1. The van der Waals surface area contributed by atoms with Crippen molar-refractivity contribution in [1.82, 2.24) is 5.32 Å². The molecule has 3 aromatic rings. The van der Waals surface area contributed by atoms with Crippen molar-refractivity contribution >= 4 is 49.0 Å². The van der Waals surface area contributed by atoms with Crippen LogP contribution in [0.3, 0.4) is 0 Å². The minimum Gasteiger partial charge on any atom is -0.448 e. The zero-order valence-electron chi connectivity index (χ0n) is 10.8. The maximum atomic E-state index is 5.91. The van der Waals surface area contributed by atoms with Gasteiger partial charge in [-0.1, -0.05) is 19.1 Å². The lowest BCUT2D eigenvalue weighted by molar-refractivity contribution is 0.455. The fourth-order valence-corrected chi connectivity index (χ4v) is 4.12. The molecule has 3 rings (SSSR count). The largest absolute Gasteiger partial charge is 0.448 e. The van der Waals surface area contributed by atoms with E-state index in [-0.39, 0.29) is 6.04 Å². The van der Waals surface area contributed by atoms with Crippen LogP contribution in [-0.2, 0) is 0 Å². The van der Waals surface area contributed by atoms with Crippen LogP contribution in [0.25, 0.3) is 10.1 Å². The lowest BCUT2D eigenvalue weighted by atomic mass is 10.0. The van der Waals surface area contributed by atoms with Crippen molar-refractivity contribution in [2.45, 2.75) is 13.0 Å². The molecule has 1 unspecified atom stereocenters. The topological polar surface area (TPSA) is 25.2 Å². The molecule has 1 N–H and O–H groups in total. The third-order valence-electron chi connectivity index (χ3n) is 3.18. The van der Waals surface area contributed by atoms with Gasteiger partial charge >= 0.3 is 0 Å². The van der Waals surface area contributed by atoms with Gasteiger partial charge in [0.25, 0.3) is 0 Å². The van der Waals surface area contributed by atoms with Crippen molar-refractivity contribution in [2.24, 2.45) is 0 Å². The predicted molar refractivity (Wildman–Crippen MR) is 88.8 cm³/mol. The molecule has 2 nitrogen and oxygen atoms in total. The predicted octanol–water partition coefficient (Wildman–Crippen LogP) is 5.61. The molecule has 104 valence electrons. The average Bonchev–Trinajstić information content (AvgIpc) is 3.04. The molecule has 20 heavy (non-hydrogen) atoms. The molecule has 2 aromatic heterocycles. The van der Waals surface area contributed by atoms with Gasteiger partial charge in [0.2, 0.25) is 0 Å². The van der Waals surface area contributed by atoms with Crippen LogP contribution in [0.5, 0.6) is 0 Å². The monoisotopic (exact) mass is 369 g/mol. The molecule has 0 aliphatic heterocycles. The van der Waals surface area contributed by atoms with Crippen molar-refractivity contribution in [3.63, 3.8) is 0 Å². The van der Waals surface area contributed by atoms with Gasteiger partial charge in [-0.3, -0.25) is 0 Å². The molecule has 2 heterocycles. The SMILES string of the molecule is CCNC(c1ccc(Cl)o1)c1csc2c(Br)cccc12. The van der Waals surface area contributed by atoms with Crippen LogP contribution >= 0.6 is 38.9 Å². The number of thiophene rings is 1. The number of nitrogens with one attached hydrogen (secondary N) is 1. The molecular weight excluding hydrogens is 358 g/mol. The van der Waals surface area contributed by atoms with Gasteiger partial charge in [-0.15, -0.1) is 11.3 Å². The second kappa shape index (κ2) is 5.90. The molecule has 0 fully saturated rings. The first-order chi connectivity index (χ1) is 9.70. The maximum Gasteiger partial charge on any atom is 0.193 e. The first-order valence-corrected chi connectivity index (χ1v) is 8.40. The Morgan fingerprint density at radius 2 is 2.20 bits per heavy atom. The summed E-state index contributed by atoms with van der Waals surface area (Å²) in [5.41, 5.74) is 1.22. The first-order valence-electron chi connectivity index (χ1n) is 6.35. The van der Waals surface area contributed by atoms with Crippen molar-refractivity contribution in [1.29, 1.82) is 0 Å². The highest BCUT2D eigenvalue weighted by Crippen LogP contribution is 2.37. The highest BCUT2D eigenvalue weighted by molar-refractivity contribution is 9.10. The normalized spacial score (nSPS) is 12.9. The summed E-state index contributed by atoms with van der Waals surface area (Å²) in [7, 11) is 0. The van der Waals surface area contributed by atoms with Crippen molar-refractivity contribution in [3.8, 4) is 0 Å². The van der Waals surface area contributed by atoms with Crippen LogP contribution < -0.4 is 5.32 Å². The Hall–Kier alpha value is -0.810. The molecule has 0 saturated heterocycles. The minimum atomic E-state index is 0.0237. The lowest BCUT2D eigenvalue weighted by Gasteiger charge is -2.15. The molecule has 0 aliphatic rings. The van der Waals surface area contributed by atoms with Crippen molar-refractivity contribution in [2.75, 3.05) is 6.54 Å². The van der Waals surface area contributed by atoms with E-state index in [0.717, 1.165) is 16.8 Å². The number of hydrogen-bond acceptors (Lipinski definition) is 3. The summed E-state index contributed by atoms with van der Waals surface area (Å²) in [6, 6.07) is 9.99. The van der Waals surface area contributed by atoms with E-state index in [9.17, 15) is 0 Å². The van der Waals surface area contributed by atoms with E-state index in [1.165, 1.54) is 15.6 Å². The lowest BCUT2D eigenvalue weighted by Crippen LogP contribution is -2.21. The Kier molecular flexibility index (Phi) is 4.17. The second-order valence-corrected chi connectivity index (χ2v) is 6.55. The van der Waals surface area contributed by atoms with Crippen LogP contribution in [0.4, 0.5) is 0 Å². The summed E-state index contributed by atoms with van der Waals surface area (Å²) in [6.07, 6.45) is 0. The van der Waals surface area contributed by atoms with E-state index in [1.54, 1.807) is 17.4 Å². The molecule has 1 aromatic carbocycles. The van der Waals surface area contributed by atoms with Gasteiger partial charge in [0.1, 0.15) is 5.76 Å². The highest BCUT2D eigenvalue weighted by atomic mass is 79.9. The number of hydrogen-bond donors (Lipinski definition) is 1. The Morgan fingerprint density at radius 1 is 1.35 bits per heavy atom. The maximum absolute atomic E-state index is 5.91. The summed E-state index contributed by atoms with van der Waals surface area (Å²) in [4.78, 5) is 0. The fourth-order valence-electron chi connectivity index (χ4n) is 2.32. The van der Waals surface area contributed by atoms with Crippen molar-refractivity contribution < 1.29 is 4.42 Å². The highest BCUT2D eigenvalue weighted by Gasteiger charge is 2.20. The van der Waals surface area contributed by atoms with E-state index >= 15 is 0 Å². The molecule has 0 bridgehead atoms. The summed E-state index contributed by atoms with van der Waals surface area (Å²) < 4.78 is 7.97. The molecule has 0 aliphatic carbocycles. The van der Waals surface area contributed by atoms with Gasteiger partial charge in [0.05, 0.1) is 6.04 Å². The molecular formula is C15H13BrClNOS. The summed E-state index contributed by atoms with van der Waals surface area (Å²) in [5.74, 6) is 0.844. The zero-order valence-corrected chi connectivity index (χ0v) is 14.0. The quantitative estimate of drug-likeness (QED) is 0.646. The zero-order chi connectivity index (χ0) is 14.1. The second-order valence-electron chi connectivity index (χ2n) is 4.44. The van der Waals surface area contributed by atoms with Gasteiger partial charge in [0, 0.05) is 9.17 Å². The van der Waals surface area contributed by atoms with Crippen LogP contribution in [0.15, 0.2) is 44.6 Å². The third kappa shape index (κ3) is 2.53. The van der Waals surface area contributed by atoms with Crippen LogP contribution in [-0.4, -0.2) is 6.54 Å². The van der Waals surface area contributed by atoms with Crippen molar-refractivity contribution in [3.05, 3.63) is 56.7 Å². The fraction of sp³-hybridized carbons (Fsp3) is 0.200. The average molecular weight is 371 g/mol.